The number of anilines is 1. The Morgan fingerprint density at radius 3 is 2.29 bits per heavy atom. The van der Waals surface area contributed by atoms with E-state index in [0.717, 1.165) is 30.5 Å². The summed E-state index contributed by atoms with van der Waals surface area (Å²) in [5.74, 6) is -0.972. The third-order valence-corrected chi connectivity index (χ3v) is 5.62. The number of benzene rings is 2. The van der Waals surface area contributed by atoms with Crippen LogP contribution in [0.1, 0.15) is 12.0 Å². The van der Waals surface area contributed by atoms with Gasteiger partial charge in [-0.3, -0.25) is 9.52 Å². The average Bonchev–Trinajstić information content (AvgIpc) is 2.60. The van der Waals surface area contributed by atoms with Crippen LogP contribution < -0.4 is 14.8 Å². The van der Waals surface area contributed by atoms with Crippen molar-refractivity contribution >= 4 is 31.6 Å². The third kappa shape index (κ3) is 6.91. The van der Waals surface area contributed by atoms with E-state index in [9.17, 15) is 26.0 Å². The van der Waals surface area contributed by atoms with Gasteiger partial charge in [-0.25, -0.2) is 25.9 Å². The molecule has 152 valence electrons. The minimum Gasteiger partial charge on any atom is -0.352 e. The summed E-state index contributed by atoms with van der Waals surface area (Å²) >= 11 is 0. The number of para-hydroxylation sites is 1. The van der Waals surface area contributed by atoms with Crippen LogP contribution in [-0.2, 0) is 31.4 Å². The zero-order chi connectivity index (χ0) is 20.8. The molecule has 0 heterocycles. The van der Waals surface area contributed by atoms with Crippen molar-refractivity contribution in [1.29, 1.82) is 0 Å². The third-order valence-electron chi connectivity index (χ3n) is 3.56. The van der Waals surface area contributed by atoms with E-state index < -0.39 is 31.8 Å². The molecule has 0 saturated heterocycles. The minimum atomic E-state index is -3.84. The van der Waals surface area contributed by atoms with E-state index in [1.165, 1.54) is 0 Å². The number of sulfonamides is 2. The molecule has 0 spiro atoms. The van der Waals surface area contributed by atoms with Gasteiger partial charge in [-0.2, -0.15) is 0 Å². The van der Waals surface area contributed by atoms with E-state index in [1.54, 1.807) is 24.3 Å². The van der Waals surface area contributed by atoms with Gasteiger partial charge < -0.3 is 5.32 Å². The van der Waals surface area contributed by atoms with E-state index in [-0.39, 0.29) is 24.4 Å². The first-order valence-corrected chi connectivity index (χ1v) is 11.5. The molecule has 0 aliphatic heterocycles. The van der Waals surface area contributed by atoms with Crippen molar-refractivity contribution in [3.63, 3.8) is 0 Å². The Kier molecular flexibility index (Phi) is 7.11. The predicted octanol–water partition coefficient (Wildman–Crippen LogP) is 1.18. The van der Waals surface area contributed by atoms with Gasteiger partial charge in [0.25, 0.3) is 0 Å². The molecule has 2 rings (SSSR count). The van der Waals surface area contributed by atoms with Crippen molar-refractivity contribution in [3.05, 3.63) is 59.9 Å². The molecule has 0 aliphatic rings. The zero-order valence-electron chi connectivity index (χ0n) is 15.0. The highest BCUT2D eigenvalue weighted by Crippen LogP contribution is 2.16. The quantitative estimate of drug-likeness (QED) is 0.553. The van der Waals surface area contributed by atoms with E-state index in [2.05, 4.69) is 14.8 Å². The average molecular weight is 429 g/mol. The number of amides is 1. The normalized spacial score (nSPS) is 11.8. The second kappa shape index (κ2) is 9.13. The van der Waals surface area contributed by atoms with Gasteiger partial charge in [0, 0.05) is 19.5 Å². The fourth-order valence-corrected chi connectivity index (χ4v) is 3.88. The van der Waals surface area contributed by atoms with Crippen LogP contribution in [0, 0.1) is 5.82 Å². The standard InChI is InChI=1S/C17H20FN3O5S2/c1-27(23,24)21-16-5-3-2-4-13(16)12-19-17(22)10-11-20-28(25,26)15-8-6-14(18)7-9-15/h2-9,20-21H,10-12H2,1H3,(H,19,22). The summed E-state index contributed by atoms with van der Waals surface area (Å²) in [6.07, 6.45) is 0.900. The first-order chi connectivity index (χ1) is 13.1. The summed E-state index contributed by atoms with van der Waals surface area (Å²) in [5.41, 5.74) is 0.912. The Morgan fingerprint density at radius 1 is 1.00 bits per heavy atom. The molecule has 28 heavy (non-hydrogen) atoms. The topological polar surface area (TPSA) is 121 Å². The smallest absolute Gasteiger partial charge is 0.240 e. The summed E-state index contributed by atoms with van der Waals surface area (Å²) < 4.78 is 64.4. The van der Waals surface area contributed by atoms with Gasteiger partial charge in [-0.1, -0.05) is 18.2 Å². The number of rotatable bonds is 9. The van der Waals surface area contributed by atoms with Crippen LogP contribution in [0.3, 0.4) is 0 Å². The number of carbonyl (C=O) groups is 1. The van der Waals surface area contributed by atoms with Crippen molar-refractivity contribution in [2.24, 2.45) is 0 Å². The molecular formula is C17H20FN3O5S2. The maximum Gasteiger partial charge on any atom is 0.240 e. The van der Waals surface area contributed by atoms with Crippen LogP contribution >= 0.6 is 0 Å². The summed E-state index contributed by atoms with van der Waals surface area (Å²) in [4.78, 5) is 11.8. The number of hydrogen-bond acceptors (Lipinski definition) is 5. The molecule has 0 bridgehead atoms. The molecule has 2 aromatic rings. The molecule has 0 radical (unpaired) electrons. The lowest BCUT2D eigenvalue weighted by atomic mass is 10.2. The lowest BCUT2D eigenvalue weighted by Crippen LogP contribution is -2.30. The van der Waals surface area contributed by atoms with Gasteiger partial charge in [0.2, 0.25) is 26.0 Å². The van der Waals surface area contributed by atoms with Crippen molar-refractivity contribution in [2.75, 3.05) is 17.5 Å². The summed E-state index contributed by atoms with van der Waals surface area (Å²) in [6.45, 7) is -0.0724. The molecular weight excluding hydrogens is 409 g/mol. The first-order valence-electron chi connectivity index (χ1n) is 8.14. The first kappa shape index (κ1) is 21.8. The predicted molar refractivity (Wildman–Crippen MR) is 103 cm³/mol. The molecule has 0 aliphatic carbocycles. The molecule has 0 aromatic heterocycles. The fraction of sp³-hybridized carbons (Fsp3) is 0.235. The Morgan fingerprint density at radius 2 is 1.64 bits per heavy atom. The highest BCUT2D eigenvalue weighted by atomic mass is 32.2. The van der Waals surface area contributed by atoms with Gasteiger partial charge in [-0.15, -0.1) is 0 Å². The van der Waals surface area contributed by atoms with Gasteiger partial charge >= 0.3 is 0 Å². The second-order valence-electron chi connectivity index (χ2n) is 5.91. The highest BCUT2D eigenvalue weighted by molar-refractivity contribution is 7.92. The van der Waals surface area contributed by atoms with Crippen LogP contribution in [0.5, 0.6) is 0 Å². The maximum atomic E-state index is 12.9. The molecule has 1 amide bonds. The Bertz CT molecular complexity index is 1040. The SMILES string of the molecule is CS(=O)(=O)Nc1ccccc1CNC(=O)CCNS(=O)(=O)c1ccc(F)cc1. The number of hydrogen-bond donors (Lipinski definition) is 3. The molecule has 0 unspecified atom stereocenters. The summed E-state index contributed by atoms with van der Waals surface area (Å²) in [6, 6.07) is 10.9. The molecule has 2 aromatic carbocycles. The Labute approximate surface area is 163 Å². The van der Waals surface area contributed by atoms with Crippen molar-refractivity contribution in [2.45, 2.75) is 17.9 Å². The largest absolute Gasteiger partial charge is 0.352 e. The van der Waals surface area contributed by atoms with E-state index in [1.807, 2.05) is 0 Å². The number of halogens is 1. The van der Waals surface area contributed by atoms with Gasteiger partial charge in [0.05, 0.1) is 16.8 Å². The van der Waals surface area contributed by atoms with Crippen LogP contribution in [0.25, 0.3) is 0 Å². The van der Waals surface area contributed by atoms with Crippen molar-refractivity contribution in [1.82, 2.24) is 10.0 Å². The van der Waals surface area contributed by atoms with Crippen LogP contribution in [0.15, 0.2) is 53.4 Å². The molecule has 0 atom stereocenters. The molecule has 11 heteroatoms. The molecule has 0 fully saturated rings. The zero-order valence-corrected chi connectivity index (χ0v) is 16.6. The van der Waals surface area contributed by atoms with Gasteiger partial charge in [-0.05, 0) is 35.9 Å². The maximum absolute atomic E-state index is 12.9. The fourth-order valence-electron chi connectivity index (χ4n) is 2.25. The van der Waals surface area contributed by atoms with Crippen LogP contribution in [0.2, 0.25) is 0 Å². The Balaban J connectivity index is 1.86. The highest BCUT2D eigenvalue weighted by Gasteiger charge is 2.14. The monoisotopic (exact) mass is 429 g/mol. The van der Waals surface area contributed by atoms with E-state index in [0.29, 0.717) is 11.3 Å². The molecule has 8 nitrogen and oxygen atoms in total. The number of nitrogens with one attached hydrogen (secondary N) is 3. The second-order valence-corrected chi connectivity index (χ2v) is 9.43. The van der Waals surface area contributed by atoms with Gasteiger partial charge in [0.15, 0.2) is 0 Å². The van der Waals surface area contributed by atoms with Gasteiger partial charge in [0.1, 0.15) is 5.82 Å². The van der Waals surface area contributed by atoms with Crippen LogP contribution in [-0.4, -0.2) is 35.5 Å². The molecule has 0 saturated carbocycles. The summed E-state index contributed by atoms with van der Waals surface area (Å²) in [5, 5.41) is 2.60. The summed E-state index contributed by atoms with van der Waals surface area (Å²) in [7, 11) is -7.30. The minimum absolute atomic E-state index is 0.0717. The van der Waals surface area contributed by atoms with E-state index in [4.69, 9.17) is 0 Å². The Hall–Kier alpha value is -2.50. The van der Waals surface area contributed by atoms with E-state index >= 15 is 0 Å². The van der Waals surface area contributed by atoms with Crippen molar-refractivity contribution in [3.8, 4) is 0 Å². The molecule has 3 N–H and O–H groups in total. The van der Waals surface area contributed by atoms with Crippen molar-refractivity contribution < 1.29 is 26.0 Å². The lowest BCUT2D eigenvalue weighted by molar-refractivity contribution is -0.121. The van der Waals surface area contributed by atoms with Crippen LogP contribution in [0.4, 0.5) is 10.1 Å². The number of carbonyl (C=O) groups excluding carboxylic acids is 1. The lowest BCUT2D eigenvalue weighted by Gasteiger charge is -2.12.